The van der Waals surface area contributed by atoms with Crippen molar-refractivity contribution in [3.8, 4) is 0 Å². The van der Waals surface area contributed by atoms with E-state index < -0.39 is 0 Å². The maximum atomic E-state index is 6.11. The predicted molar refractivity (Wildman–Crippen MR) is 82.2 cm³/mol. The summed E-state index contributed by atoms with van der Waals surface area (Å²) in [5, 5.41) is 0. The second kappa shape index (κ2) is 6.53. The van der Waals surface area contributed by atoms with E-state index in [1.807, 2.05) is 0 Å². The zero-order valence-corrected chi connectivity index (χ0v) is 12.4. The van der Waals surface area contributed by atoms with Gasteiger partial charge in [-0.2, -0.15) is 0 Å². The molecule has 0 aliphatic heterocycles. The molecule has 2 atom stereocenters. The van der Waals surface area contributed by atoms with Crippen LogP contribution in [0.1, 0.15) is 38.2 Å². The van der Waals surface area contributed by atoms with Gasteiger partial charge in [-0.3, -0.25) is 4.90 Å². The Bertz CT molecular complexity index is 376. The van der Waals surface area contributed by atoms with Crippen LogP contribution in [0.3, 0.4) is 0 Å². The average Bonchev–Trinajstić information content (AvgIpc) is 2.91. The van der Waals surface area contributed by atoms with Gasteiger partial charge in [0.2, 0.25) is 0 Å². The lowest BCUT2D eigenvalue weighted by Gasteiger charge is -2.38. The Morgan fingerprint density at radius 2 is 2.05 bits per heavy atom. The van der Waals surface area contributed by atoms with E-state index in [0.29, 0.717) is 0 Å². The number of nitrogens with two attached hydrogens (primary N) is 1. The summed E-state index contributed by atoms with van der Waals surface area (Å²) in [6.07, 6.45) is 6.33. The van der Waals surface area contributed by atoms with Crippen LogP contribution in [0.5, 0.6) is 0 Å². The zero-order valence-electron chi connectivity index (χ0n) is 12.4. The molecular weight excluding hydrogens is 232 g/mol. The molecule has 2 heteroatoms. The van der Waals surface area contributed by atoms with Gasteiger partial charge in [-0.05, 0) is 44.2 Å². The first-order valence-electron chi connectivity index (χ1n) is 7.65. The third kappa shape index (κ3) is 3.37. The van der Waals surface area contributed by atoms with Gasteiger partial charge in [-0.1, -0.05) is 43.7 Å². The van der Waals surface area contributed by atoms with E-state index in [1.165, 1.54) is 31.2 Å². The Kier molecular flexibility index (Phi) is 5.00. The van der Waals surface area contributed by atoms with Crippen LogP contribution >= 0.6 is 0 Å². The lowest BCUT2D eigenvalue weighted by atomic mass is 9.93. The van der Waals surface area contributed by atoms with Gasteiger partial charge in [0.05, 0.1) is 0 Å². The Morgan fingerprint density at radius 1 is 1.32 bits per heavy atom. The summed E-state index contributed by atoms with van der Waals surface area (Å²) in [5.41, 5.74) is 7.80. The van der Waals surface area contributed by atoms with E-state index >= 15 is 0 Å². The highest BCUT2D eigenvalue weighted by molar-refractivity contribution is 5.15. The van der Waals surface area contributed by atoms with E-state index in [2.05, 4.69) is 49.2 Å². The van der Waals surface area contributed by atoms with E-state index in [9.17, 15) is 0 Å². The monoisotopic (exact) mass is 260 g/mol. The van der Waals surface area contributed by atoms with Crippen LogP contribution in [-0.4, -0.2) is 30.6 Å². The fraction of sp³-hybridized carbons (Fsp3) is 0.647. The van der Waals surface area contributed by atoms with Gasteiger partial charge in [0.25, 0.3) is 0 Å². The van der Waals surface area contributed by atoms with Crippen molar-refractivity contribution >= 4 is 0 Å². The molecule has 1 fully saturated rings. The number of likely N-dealkylation sites (N-methyl/N-ethyl adjacent to an activating group) is 1. The minimum Gasteiger partial charge on any atom is -0.329 e. The standard InChI is InChI=1S/C17H28N2/c1-3-15-9-11-17(13-15,14-18)19(2)12-10-16-7-5-4-6-8-16/h4-8,15H,3,9-14,18H2,1-2H3. The second-order valence-corrected chi connectivity index (χ2v) is 6.10. The normalized spacial score (nSPS) is 27.1. The molecule has 1 saturated carbocycles. The van der Waals surface area contributed by atoms with Crippen molar-refractivity contribution in [2.24, 2.45) is 11.7 Å². The molecule has 0 amide bonds. The number of rotatable bonds is 6. The third-order valence-electron chi connectivity index (χ3n) is 5.03. The van der Waals surface area contributed by atoms with Crippen LogP contribution in [0.15, 0.2) is 30.3 Å². The second-order valence-electron chi connectivity index (χ2n) is 6.10. The van der Waals surface area contributed by atoms with Gasteiger partial charge >= 0.3 is 0 Å². The third-order valence-corrected chi connectivity index (χ3v) is 5.03. The molecule has 1 aromatic rings. The molecule has 0 bridgehead atoms. The number of benzene rings is 1. The molecule has 106 valence electrons. The largest absolute Gasteiger partial charge is 0.329 e. The molecule has 1 aliphatic carbocycles. The molecule has 2 rings (SSSR count). The van der Waals surface area contributed by atoms with Crippen molar-refractivity contribution < 1.29 is 0 Å². The first kappa shape index (κ1) is 14.5. The molecule has 0 heterocycles. The molecule has 0 aromatic heterocycles. The van der Waals surface area contributed by atoms with Crippen molar-refractivity contribution in [2.75, 3.05) is 20.1 Å². The topological polar surface area (TPSA) is 29.3 Å². The van der Waals surface area contributed by atoms with Gasteiger partial charge < -0.3 is 5.73 Å². The molecule has 0 radical (unpaired) electrons. The van der Waals surface area contributed by atoms with E-state index in [-0.39, 0.29) is 5.54 Å². The van der Waals surface area contributed by atoms with E-state index in [0.717, 1.165) is 25.4 Å². The van der Waals surface area contributed by atoms with Crippen molar-refractivity contribution in [3.05, 3.63) is 35.9 Å². The number of nitrogens with zero attached hydrogens (tertiary/aromatic N) is 1. The quantitative estimate of drug-likeness (QED) is 0.851. The van der Waals surface area contributed by atoms with Crippen LogP contribution in [0.4, 0.5) is 0 Å². The van der Waals surface area contributed by atoms with Crippen LogP contribution in [-0.2, 0) is 6.42 Å². The minimum absolute atomic E-state index is 0.259. The molecule has 2 nitrogen and oxygen atoms in total. The smallest absolute Gasteiger partial charge is 0.0331 e. The van der Waals surface area contributed by atoms with Gasteiger partial charge in [0.1, 0.15) is 0 Å². The highest BCUT2D eigenvalue weighted by Gasteiger charge is 2.40. The highest BCUT2D eigenvalue weighted by atomic mass is 15.2. The van der Waals surface area contributed by atoms with Crippen molar-refractivity contribution in [2.45, 2.75) is 44.6 Å². The SMILES string of the molecule is CCC1CCC(CN)(N(C)CCc2ccccc2)C1. The summed E-state index contributed by atoms with van der Waals surface area (Å²) in [5.74, 6) is 0.878. The van der Waals surface area contributed by atoms with Gasteiger partial charge in [0, 0.05) is 18.6 Å². The summed E-state index contributed by atoms with van der Waals surface area (Å²) in [6, 6.07) is 10.8. The summed E-state index contributed by atoms with van der Waals surface area (Å²) < 4.78 is 0. The Labute approximate surface area is 118 Å². The number of hydrogen-bond acceptors (Lipinski definition) is 2. The van der Waals surface area contributed by atoms with E-state index in [1.54, 1.807) is 0 Å². The highest BCUT2D eigenvalue weighted by Crippen LogP contribution is 2.39. The summed E-state index contributed by atoms with van der Waals surface area (Å²) >= 11 is 0. The lowest BCUT2D eigenvalue weighted by molar-refractivity contribution is 0.128. The van der Waals surface area contributed by atoms with Gasteiger partial charge in [0.15, 0.2) is 0 Å². The van der Waals surface area contributed by atoms with Crippen LogP contribution in [0, 0.1) is 5.92 Å². The summed E-state index contributed by atoms with van der Waals surface area (Å²) in [6.45, 7) is 4.22. The van der Waals surface area contributed by atoms with Gasteiger partial charge in [-0.25, -0.2) is 0 Å². The molecular formula is C17H28N2. The van der Waals surface area contributed by atoms with Crippen LogP contribution in [0.2, 0.25) is 0 Å². The van der Waals surface area contributed by atoms with Crippen molar-refractivity contribution in [1.82, 2.24) is 4.90 Å². The molecule has 0 saturated heterocycles. The van der Waals surface area contributed by atoms with E-state index in [4.69, 9.17) is 5.73 Å². The molecule has 1 aromatic carbocycles. The van der Waals surface area contributed by atoms with Crippen LogP contribution in [0.25, 0.3) is 0 Å². The maximum Gasteiger partial charge on any atom is 0.0331 e. The van der Waals surface area contributed by atoms with Crippen molar-refractivity contribution in [3.63, 3.8) is 0 Å². The summed E-state index contributed by atoms with van der Waals surface area (Å²) in [4.78, 5) is 2.52. The lowest BCUT2D eigenvalue weighted by Crippen LogP contribution is -2.51. The predicted octanol–water partition coefficient (Wildman–Crippen LogP) is 3.07. The Balaban J connectivity index is 1.92. The minimum atomic E-state index is 0.259. The van der Waals surface area contributed by atoms with Gasteiger partial charge in [-0.15, -0.1) is 0 Å². The molecule has 0 spiro atoms. The summed E-state index contributed by atoms with van der Waals surface area (Å²) in [7, 11) is 2.26. The first-order valence-corrected chi connectivity index (χ1v) is 7.65. The first-order chi connectivity index (χ1) is 9.20. The fourth-order valence-corrected chi connectivity index (χ4v) is 3.43. The fourth-order valence-electron chi connectivity index (χ4n) is 3.43. The number of hydrogen-bond donors (Lipinski definition) is 1. The zero-order chi connectivity index (χ0) is 13.7. The maximum absolute atomic E-state index is 6.11. The Hall–Kier alpha value is -0.860. The molecule has 2 N–H and O–H groups in total. The average molecular weight is 260 g/mol. The Morgan fingerprint density at radius 3 is 2.63 bits per heavy atom. The van der Waals surface area contributed by atoms with Crippen LogP contribution < -0.4 is 5.73 Å². The molecule has 1 aliphatic rings. The molecule has 2 unspecified atom stereocenters. The van der Waals surface area contributed by atoms with Crippen molar-refractivity contribution in [1.29, 1.82) is 0 Å². The molecule has 19 heavy (non-hydrogen) atoms.